The van der Waals surface area contributed by atoms with E-state index in [4.69, 9.17) is 9.26 Å². The number of aromatic nitrogens is 3. The molecule has 6 nitrogen and oxygen atoms in total. The van der Waals surface area contributed by atoms with Crippen LogP contribution in [0.5, 0.6) is 0 Å². The van der Waals surface area contributed by atoms with Crippen LogP contribution < -0.4 is 4.90 Å². The zero-order valence-corrected chi connectivity index (χ0v) is 15.0. The van der Waals surface area contributed by atoms with Gasteiger partial charge >= 0.3 is 0 Å². The van der Waals surface area contributed by atoms with E-state index in [0.29, 0.717) is 29.7 Å². The van der Waals surface area contributed by atoms with Crippen molar-refractivity contribution in [3.63, 3.8) is 0 Å². The van der Waals surface area contributed by atoms with Crippen LogP contribution in [0.3, 0.4) is 0 Å². The third-order valence-electron chi connectivity index (χ3n) is 3.99. The third kappa shape index (κ3) is 3.88. The van der Waals surface area contributed by atoms with Gasteiger partial charge in [0.1, 0.15) is 11.6 Å². The summed E-state index contributed by atoms with van der Waals surface area (Å²) in [7, 11) is 1.68. The van der Waals surface area contributed by atoms with Gasteiger partial charge in [0.15, 0.2) is 0 Å². The van der Waals surface area contributed by atoms with Gasteiger partial charge in [-0.15, -0.1) is 0 Å². The molecule has 2 aromatic heterocycles. The number of halogens is 1. The van der Waals surface area contributed by atoms with Gasteiger partial charge in [0.25, 0.3) is 5.89 Å². The molecule has 0 aliphatic carbocycles. The van der Waals surface area contributed by atoms with Gasteiger partial charge in [-0.05, 0) is 38.1 Å². The SMILES string of the molecule is COCCN(c1ccc(-c2nc(-c3ccccc3F)no2)cn1)C(C)C. The Hall–Kier alpha value is -2.80. The summed E-state index contributed by atoms with van der Waals surface area (Å²) in [5.74, 6) is 0.968. The number of hydrogen-bond donors (Lipinski definition) is 0. The lowest BCUT2D eigenvalue weighted by molar-refractivity contribution is 0.203. The number of anilines is 1. The lowest BCUT2D eigenvalue weighted by Gasteiger charge is -2.27. The molecule has 0 N–H and O–H groups in total. The maximum atomic E-state index is 13.9. The quantitative estimate of drug-likeness (QED) is 0.642. The zero-order valence-electron chi connectivity index (χ0n) is 15.0. The van der Waals surface area contributed by atoms with Crippen molar-refractivity contribution in [1.29, 1.82) is 0 Å². The van der Waals surface area contributed by atoms with E-state index in [0.717, 1.165) is 12.4 Å². The summed E-state index contributed by atoms with van der Waals surface area (Å²) in [6.07, 6.45) is 1.68. The maximum Gasteiger partial charge on any atom is 0.259 e. The average molecular weight is 356 g/mol. The lowest BCUT2D eigenvalue weighted by atomic mass is 10.2. The largest absolute Gasteiger partial charge is 0.383 e. The van der Waals surface area contributed by atoms with Crippen LogP contribution in [0.25, 0.3) is 22.8 Å². The monoisotopic (exact) mass is 356 g/mol. The van der Waals surface area contributed by atoms with Gasteiger partial charge in [0.2, 0.25) is 5.82 Å². The fourth-order valence-corrected chi connectivity index (χ4v) is 2.60. The predicted octanol–water partition coefficient (Wildman–Crippen LogP) is 3.80. The van der Waals surface area contributed by atoms with E-state index < -0.39 is 0 Å². The second kappa shape index (κ2) is 8.05. The average Bonchev–Trinajstić information content (AvgIpc) is 3.12. The van der Waals surface area contributed by atoms with E-state index in [-0.39, 0.29) is 11.6 Å². The molecule has 0 aliphatic heterocycles. The van der Waals surface area contributed by atoms with Crippen molar-refractivity contribution in [1.82, 2.24) is 15.1 Å². The van der Waals surface area contributed by atoms with Crippen molar-refractivity contribution in [3.05, 3.63) is 48.4 Å². The normalized spacial score (nSPS) is 11.1. The van der Waals surface area contributed by atoms with Crippen molar-refractivity contribution >= 4 is 5.82 Å². The van der Waals surface area contributed by atoms with Gasteiger partial charge in [-0.3, -0.25) is 0 Å². The van der Waals surface area contributed by atoms with E-state index >= 15 is 0 Å². The minimum atomic E-state index is -0.390. The molecule has 0 radical (unpaired) electrons. The Morgan fingerprint density at radius 3 is 2.65 bits per heavy atom. The number of pyridine rings is 1. The highest BCUT2D eigenvalue weighted by Crippen LogP contribution is 2.25. The second-order valence-electron chi connectivity index (χ2n) is 6.09. The standard InChI is InChI=1S/C19H21FN4O2/c1-13(2)24(10-11-25-3)17-9-8-14(12-21-17)19-22-18(23-26-19)15-6-4-5-7-16(15)20/h4-9,12-13H,10-11H2,1-3H3. The molecule has 26 heavy (non-hydrogen) atoms. The van der Waals surface area contributed by atoms with Crippen LogP contribution in [0.1, 0.15) is 13.8 Å². The number of ether oxygens (including phenoxy) is 1. The fourth-order valence-electron chi connectivity index (χ4n) is 2.60. The maximum absolute atomic E-state index is 13.9. The summed E-state index contributed by atoms with van der Waals surface area (Å²) in [5.41, 5.74) is 0.983. The van der Waals surface area contributed by atoms with E-state index in [1.54, 1.807) is 31.5 Å². The summed E-state index contributed by atoms with van der Waals surface area (Å²) < 4.78 is 24.3. The van der Waals surface area contributed by atoms with E-state index in [9.17, 15) is 4.39 Å². The smallest absolute Gasteiger partial charge is 0.259 e. The minimum Gasteiger partial charge on any atom is -0.383 e. The second-order valence-corrected chi connectivity index (χ2v) is 6.09. The summed E-state index contributed by atoms with van der Waals surface area (Å²) in [6.45, 7) is 5.57. The van der Waals surface area contributed by atoms with Crippen LogP contribution in [0.4, 0.5) is 10.2 Å². The van der Waals surface area contributed by atoms with Crippen LogP contribution in [0.15, 0.2) is 47.1 Å². The van der Waals surface area contributed by atoms with Crippen LogP contribution in [0, 0.1) is 5.82 Å². The number of methoxy groups -OCH3 is 1. The molecule has 2 heterocycles. The highest BCUT2D eigenvalue weighted by molar-refractivity contribution is 5.60. The Morgan fingerprint density at radius 2 is 2.00 bits per heavy atom. The Labute approximate surface area is 151 Å². The number of benzene rings is 1. The summed E-state index contributed by atoms with van der Waals surface area (Å²) >= 11 is 0. The first-order valence-electron chi connectivity index (χ1n) is 8.40. The van der Waals surface area contributed by atoms with Crippen molar-refractivity contribution < 1.29 is 13.7 Å². The topological polar surface area (TPSA) is 64.3 Å². The van der Waals surface area contributed by atoms with Gasteiger partial charge < -0.3 is 14.2 Å². The molecule has 0 spiro atoms. The molecule has 3 aromatic rings. The third-order valence-corrected chi connectivity index (χ3v) is 3.99. The predicted molar refractivity (Wildman–Crippen MR) is 97.3 cm³/mol. The Morgan fingerprint density at radius 1 is 1.19 bits per heavy atom. The Balaban J connectivity index is 1.82. The molecular formula is C19H21FN4O2. The summed E-state index contributed by atoms with van der Waals surface area (Å²) in [5, 5.41) is 3.87. The van der Waals surface area contributed by atoms with Gasteiger partial charge in [-0.25, -0.2) is 9.37 Å². The molecule has 3 rings (SSSR count). The molecule has 136 valence electrons. The van der Waals surface area contributed by atoms with Gasteiger partial charge in [-0.2, -0.15) is 4.98 Å². The van der Waals surface area contributed by atoms with Gasteiger partial charge in [0, 0.05) is 25.9 Å². The lowest BCUT2D eigenvalue weighted by Crippen LogP contribution is -2.34. The molecule has 0 saturated carbocycles. The van der Waals surface area contributed by atoms with Crippen molar-refractivity contribution in [3.8, 4) is 22.8 Å². The first kappa shape index (κ1) is 18.0. The molecule has 0 fully saturated rings. The molecule has 0 saturated heterocycles. The van der Waals surface area contributed by atoms with E-state index in [2.05, 4.69) is 33.9 Å². The zero-order chi connectivity index (χ0) is 18.5. The van der Waals surface area contributed by atoms with Crippen LogP contribution >= 0.6 is 0 Å². The first-order chi connectivity index (χ1) is 12.6. The van der Waals surface area contributed by atoms with Crippen molar-refractivity contribution in [2.45, 2.75) is 19.9 Å². The highest BCUT2D eigenvalue weighted by Gasteiger charge is 2.16. The molecular weight excluding hydrogens is 335 g/mol. The Kier molecular flexibility index (Phi) is 5.58. The van der Waals surface area contributed by atoms with Crippen molar-refractivity contribution in [2.75, 3.05) is 25.2 Å². The van der Waals surface area contributed by atoms with Crippen molar-refractivity contribution in [2.24, 2.45) is 0 Å². The van der Waals surface area contributed by atoms with Crippen LogP contribution in [-0.2, 0) is 4.74 Å². The Bertz CT molecular complexity index is 849. The molecule has 0 bridgehead atoms. The molecule has 7 heteroatoms. The summed E-state index contributed by atoms with van der Waals surface area (Å²) in [6, 6.07) is 10.4. The minimum absolute atomic E-state index is 0.214. The first-order valence-corrected chi connectivity index (χ1v) is 8.40. The molecule has 0 amide bonds. The number of nitrogens with zero attached hydrogens (tertiary/aromatic N) is 4. The molecule has 0 aliphatic rings. The fraction of sp³-hybridized carbons (Fsp3) is 0.316. The van der Waals surface area contributed by atoms with Gasteiger partial charge in [0.05, 0.1) is 17.7 Å². The molecule has 1 aromatic carbocycles. The van der Waals surface area contributed by atoms with E-state index in [1.165, 1.54) is 6.07 Å². The van der Waals surface area contributed by atoms with E-state index in [1.807, 2.05) is 12.1 Å². The van der Waals surface area contributed by atoms with Gasteiger partial charge in [-0.1, -0.05) is 17.3 Å². The molecule has 0 atom stereocenters. The highest BCUT2D eigenvalue weighted by atomic mass is 19.1. The molecule has 0 unspecified atom stereocenters. The number of hydrogen-bond acceptors (Lipinski definition) is 6. The van der Waals surface area contributed by atoms with Crippen LogP contribution in [-0.4, -0.2) is 41.4 Å². The van der Waals surface area contributed by atoms with Crippen LogP contribution in [0.2, 0.25) is 0 Å². The summed E-state index contributed by atoms with van der Waals surface area (Å²) in [4.78, 5) is 10.9. The number of rotatable bonds is 7.